The number of hydrogen-bond donors (Lipinski definition) is 3. The Kier molecular flexibility index (Phi) is 5.35. The van der Waals surface area contributed by atoms with E-state index in [-0.39, 0.29) is 13.0 Å². The molecule has 8 nitrogen and oxygen atoms in total. The van der Waals surface area contributed by atoms with Crippen molar-refractivity contribution in [1.29, 1.82) is 0 Å². The number of aliphatic hydroxyl groups is 3. The number of ether oxygens (including phenoxy) is 1. The van der Waals surface area contributed by atoms with Gasteiger partial charge >= 0.3 is 5.97 Å². The molecule has 1 fully saturated rings. The van der Waals surface area contributed by atoms with E-state index in [2.05, 4.69) is 10.0 Å². The number of nitrogens with zero attached hydrogens (tertiary/aromatic N) is 3. The first-order chi connectivity index (χ1) is 10.5. The minimum Gasteiger partial charge on any atom is -0.456 e. The third-order valence-electron chi connectivity index (χ3n) is 3.75. The normalized spacial score (nSPS) is 31.1. The van der Waals surface area contributed by atoms with E-state index in [1.54, 1.807) is 30.3 Å². The van der Waals surface area contributed by atoms with E-state index in [0.29, 0.717) is 5.56 Å². The molecule has 118 valence electrons. The molecule has 0 bridgehead atoms. The Morgan fingerprint density at radius 3 is 2.55 bits per heavy atom. The van der Waals surface area contributed by atoms with Crippen LogP contribution in [0, 0.1) is 5.92 Å². The number of esters is 1. The Morgan fingerprint density at radius 2 is 1.91 bits per heavy atom. The topological polar surface area (TPSA) is 136 Å². The van der Waals surface area contributed by atoms with Crippen LogP contribution >= 0.6 is 0 Å². The summed E-state index contributed by atoms with van der Waals surface area (Å²) < 4.78 is 5.22. The molecule has 1 aliphatic rings. The third-order valence-corrected chi connectivity index (χ3v) is 3.75. The molecule has 1 aromatic carbocycles. The Balaban J connectivity index is 2.08. The molecule has 2 rings (SSSR count). The summed E-state index contributed by atoms with van der Waals surface area (Å²) >= 11 is 0. The fourth-order valence-corrected chi connectivity index (χ4v) is 2.50. The van der Waals surface area contributed by atoms with Crippen LogP contribution < -0.4 is 0 Å². The van der Waals surface area contributed by atoms with Crippen LogP contribution in [0.3, 0.4) is 0 Å². The molecule has 3 N–H and O–H groups in total. The Morgan fingerprint density at radius 1 is 1.23 bits per heavy atom. The number of carbonyl (C=O) groups excluding carboxylic acids is 1. The molecule has 1 aliphatic carbocycles. The van der Waals surface area contributed by atoms with Crippen molar-refractivity contribution in [3.05, 3.63) is 46.3 Å². The zero-order chi connectivity index (χ0) is 16.1. The summed E-state index contributed by atoms with van der Waals surface area (Å²) in [6.07, 6.45) is -5.00. The van der Waals surface area contributed by atoms with Crippen LogP contribution in [0.25, 0.3) is 10.4 Å². The molecule has 0 amide bonds. The van der Waals surface area contributed by atoms with Gasteiger partial charge in [-0.15, -0.1) is 0 Å². The highest BCUT2D eigenvalue weighted by Gasteiger charge is 2.44. The van der Waals surface area contributed by atoms with Crippen molar-refractivity contribution >= 4 is 5.97 Å². The average molecular weight is 307 g/mol. The van der Waals surface area contributed by atoms with Gasteiger partial charge in [-0.25, -0.2) is 4.79 Å². The zero-order valence-electron chi connectivity index (χ0n) is 11.7. The Hall–Kier alpha value is -2.12. The number of azide groups is 1. The predicted molar refractivity (Wildman–Crippen MR) is 75.8 cm³/mol. The fourth-order valence-electron chi connectivity index (χ4n) is 2.50. The second-order valence-electron chi connectivity index (χ2n) is 5.19. The summed E-state index contributed by atoms with van der Waals surface area (Å²) in [5.74, 6) is -1.22. The SMILES string of the molecule is [N-]=[N+]=NCC1C[C@@H](OC(=O)c2ccccc2)[C@H](O)C(O)C1O. The summed E-state index contributed by atoms with van der Waals surface area (Å²) in [5.41, 5.74) is 8.66. The molecule has 0 radical (unpaired) electrons. The molecule has 5 atom stereocenters. The van der Waals surface area contributed by atoms with Gasteiger partial charge in [0.1, 0.15) is 18.3 Å². The van der Waals surface area contributed by atoms with Gasteiger partial charge in [0.2, 0.25) is 0 Å². The zero-order valence-corrected chi connectivity index (χ0v) is 11.7. The van der Waals surface area contributed by atoms with Gasteiger partial charge in [0.25, 0.3) is 0 Å². The molecule has 22 heavy (non-hydrogen) atoms. The van der Waals surface area contributed by atoms with Crippen molar-refractivity contribution in [1.82, 2.24) is 0 Å². The van der Waals surface area contributed by atoms with E-state index in [1.165, 1.54) is 0 Å². The first kappa shape index (κ1) is 16.3. The van der Waals surface area contributed by atoms with Crippen molar-refractivity contribution in [3.8, 4) is 0 Å². The standard InChI is InChI=1S/C14H17N3O5/c15-17-16-7-9-6-10(12(19)13(20)11(9)18)22-14(21)8-4-2-1-3-5-8/h1-5,9-13,18-20H,6-7H2/t9?,10-,11?,12+,13?/m1/s1. The number of hydrogen-bond acceptors (Lipinski definition) is 6. The van der Waals surface area contributed by atoms with Crippen molar-refractivity contribution in [3.63, 3.8) is 0 Å². The molecule has 1 saturated carbocycles. The summed E-state index contributed by atoms with van der Waals surface area (Å²) in [6, 6.07) is 8.25. The lowest BCUT2D eigenvalue weighted by atomic mass is 9.80. The van der Waals surface area contributed by atoms with Gasteiger partial charge in [-0.2, -0.15) is 0 Å². The van der Waals surface area contributed by atoms with Crippen LogP contribution in [-0.2, 0) is 4.74 Å². The second kappa shape index (κ2) is 7.24. The van der Waals surface area contributed by atoms with E-state index in [1.807, 2.05) is 0 Å². The van der Waals surface area contributed by atoms with Crippen LogP contribution in [0.1, 0.15) is 16.8 Å². The highest BCUT2D eigenvalue weighted by molar-refractivity contribution is 5.89. The van der Waals surface area contributed by atoms with E-state index in [9.17, 15) is 20.1 Å². The monoisotopic (exact) mass is 307 g/mol. The molecule has 0 saturated heterocycles. The lowest BCUT2D eigenvalue weighted by Gasteiger charge is -2.39. The Bertz CT molecular complexity index is 561. The van der Waals surface area contributed by atoms with Gasteiger partial charge in [0, 0.05) is 11.5 Å². The van der Waals surface area contributed by atoms with Crippen molar-refractivity contribution in [2.75, 3.05) is 6.54 Å². The molecule has 3 unspecified atom stereocenters. The van der Waals surface area contributed by atoms with E-state index < -0.39 is 36.3 Å². The van der Waals surface area contributed by atoms with Crippen molar-refractivity contribution in [2.24, 2.45) is 11.0 Å². The van der Waals surface area contributed by atoms with Gasteiger partial charge in [0.05, 0.1) is 11.7 Å². The quantitative estimate of drug-likeness (QED) is 0.324. The van der Waals surface area contributed by atoms with Crippen LogP contribution in [0.2, 0.25) is 0 Å². The molecular weight excluding hydrogens is 290 g/mol. The van der Waals surface area contributed by atoms with Gasteiger partial charge in [-0.3, -0.25) is 0 Å². The number of rotatable bonds is 4. The first-order valence-electron chi connectivity index (χ1n) is 6.85. The fraction of sp³-hybridized carbons (Fsp3) is 0.500. The Labute approximate surface area is 126 Å². The van der Waals surface area contributed by atoms with Gasteiger partial charge in [-0.1, -0.05) is 23.3 Å². The second-order valence-corrected chi connectivity index (χ2v) is 5.19. The van der Waals surface area contributed by atoms with Gasteiger partial charge in [0.15, 0.2) is 0 Å². The van der Waals surface area contributed by atoms with Crippen molar-refractivity contribution in [2.45, 2.75) is 30.8 Å². The highest BCUT2D eigenvalue weighted by Crippen LogP contribution is 2.29. The number of benzene rings is 1. The van der Waals surface area contributed by atoms with E-state index in [0.717, 1.165) is 0 Å². The maximum atomic E-state index is 12.0. The lowest BCUT2D eigenvalue weighted by Crippen LogP contribution is -2.55. The van der Waals surface area contributed by atoms with Crippen LogP contribution in [0.15, 0.2) is 35.4 Å². The first-order valence-corrected chi connectivity index (χ1v) is 6.85. The molecular formula is C14H17N3O5. The summed E-state index contributed by atoms with van der Waals surface area (Å²) in [7, 11) is 0. The van der Waals surface area contributed by atoms with Gasteiger partial charge < -0.3 is 20.1 Å². The summed E-state index contributed by atoms with van der Waals surface area (Å²) in [5, 5.41) is 33.0. The molecule has 8 heteroatoms. The number of carbonyl (C=O) groups is 1. The smallest absolute Gasteiger partial charge is 0.338 e. The largest absolute Gasteiger partial charge is 0.456 e. The number of aliphatic hydroxyl groups excluding tert-OH is 3. The van der Waals surface area contributed by atoms with Crippen LogP contribution in [0.4, 0.5) is 0 Å². The molecule has 0 heterocycles. The molecule has 1 aromatic rings. The third kappa shape index (κ3) is 3.55. The van der Waals surface area contributed by atoms with Crippen LogP contribution in [-0.4, -0.2) is 52.2 Å². The minimum absolute atomic E-state index is 0.0547. The van der Waals surface area contributed by atoms with E-state index >= 15 is 0 Å². The maximum Gasteiger partial charge on any atom is 0.338 e. The van der Waals surface area contributed by atoms with E-state index in [4.69, 9.17) is 10.3 Å². The lowest BCUT2D eigenvalue weighted by molar-refractivity contribution is -0.157. The molecule has 0 aliphatic heterocycles. The summed E-state index contributed by atoms with van der Waals surface area (Å²) in [4.78, 5) is 14.6. The molecule has 0 aromatic heterocycles. The minimum atomic E-state index is -1.47. The maximum absolute atomic E-state index is 12.0. The predicted octanol–water partition coefficient (Wildman–Crippen LogP) is 0.625. The highest BCUT2D eigenvalue weighted by atomic mass is 16.6. The molecule has 0 spiro atoms. The van der Waals surface area contributed by atoms with Crippen LogP contribution in [0.5, 0.6) is 0 Å². The summed E-state index contributed by atoms with van der Waals surface area (Å²) in [6.45, 7) is -0.0547. The van der Waals surface area contributed by atoms with Crippen molar-refractivity contribution < 1.29 is 24.9 Å². The van der Waals surface area contributed by atoms with Gasteiger partial charge in [-0.05, 0) is 30.0 Å². The average Bonchev–Trinajstić information content (AvgIpc) is 2.55.